The predicted octanol–water partition coefficient (Wildman–Crippen LogP) is 2.43. The molecule has 1 atom stereocenters. The second kappa shape index (κ2) is 4.83. The number of nitrogens with zero attached hydrogens (tertiary/aromatic N) is 2. The standard InChI is InChI=1S/C13H20N2O/c1-10(2)11-4-6-14-13(8-11)15-7-5-12(9-15)16-3/h4,6,8,10,12H,5,7,9H2,1-3H3. The van der Waals surface area contributed by atoms with Gasteiger partial charge in [0, 0.05) is 26.4 Å². The van der Waals surface area contributed by atoms with Crippen molar-refractivity contribution < 1.29 is 4.74 Å². The van der Waals surface area contributed by atoms with Crippen molar-refractivity contribution in [1.29, 1.82) is 0 Å². The number of rotatable bonds is 3. The Morgan fingerprint density at radius 2 is 2.31 bits per heavy atom. The Morgan fingerprint density at radius 1 is 1.50 bits per heavy atom. The van der Waals surface area contributed by atoms with Gasteiger partial charge in [-0.15, -0.1) is 0 Å². The molecule has 1 aliphatic heterocycles. The molecule has 1 fully saturated rings. The summed E-state index contributed by atoms with van der Waals surface area (Å²) in [6.07, 6.45) is 3.37. The van der Waals surface area contributed by atoms with E-state index in [9.17, 15) is 0 Å². The largest absolute Gasteiger partial charge is 0.380 e. The van der Waals surface area contributed by atoms with E-state index in [1.165, 1.54) is 5.56 Å². The molecule has 3 nitrogen and oxygen atoms in total. The molecule has 1 saturated heterocycles. The Kier molecular flexibility index (Phi) is 3.44. The lowest BCUT2D eigenvalue weighted by Gasteiger charge is -2.18. The number of hydrogen-bond donors (Lipinski definition) is 0. The highest BCUT2D eigenvalue weighted by Crippen LogP contribution is 2.23. The molecule has 88 valence electrons. The van der Waals surface area contributed by atoms with Gasteiger partial charge in [-0.2, -0.15) is 0 Å². The topological polar surface area (TPSA) is 25.4 Å². The van der Waals surface area contributed by atoms with Crippen molar-refractivity contribution in [3.05, 3.63) is 23.9 Å². The van der Waals surface area contributed by atoms with Crippen LogP contribution in [0.25, 0.3) is 0 Å². The summed E-state index contributed by atoms with van der Waals surface area (Å²) in [5, 5.41) is 0. The summed E-state index contributed by atoms with van der Waals surface area (Å²) in [5.41, 5.74) is 1.35. The molecule has 0 amide bonds. The van der Waals surface area contributed by atoms with E-state index >= 15 is 0 Å². The summed E-state index contributed by atoms with van der Waals surface area (Å²) in [7, 11) is 1.78. The minimum absolute atomic E-state index is 0.365. The molecule has 16 heavy (non-hydrogen) atoms. The van der Waals surface area contributed by atoms with Gasteiger partial charge >= 0.3 is 0 Å². The Hall–Kier alpha value is -1.09. The van der Waals surface area contributed by atoms with Crippen molar-refractivity contribution >= 4 is 5.82 Å². The van der Waals surface area contributed by atoms with Gasteiger partial charge in [0.15, 0.2) is 0 Å². The van der Waals surface area contributed by atoms with Gasteiger partial charge < -0.3 is 9.64 Å². The van der Waals surface area contributed by atoms with E-state index in [0.717, 1.165) is 25.3 Å². The molecule has 2 heterocycles. The first-order valence-corrected chi connectivity index (χ1v) is 5.94. The minimum atomic E-state index is 0.365. The Morgan fingerprint density at radius 3 is 2.94 bits per heavy atom. The van der Waals surface area contributed by atoms with Crippen LogP contribution >= 0.6 is 0 Å². The molecule has 0 aliphatic carbocycles. The highest BCUT2D eigenvalue weighted by molar-refractivity contribution is 5.43. The van der Waals surface area contributed by atoms with Gasteiger partial charge in [-0.05, 0) is 30.0 Å². The molecule has 2 rings (SSSR count). The molecular weight excluding hydrogens is 200 g/mol. The molecule has 1 aromatic rings. The zero-order valence-electron chi connectivity index (χ0n) is 10.3. The Bertz CT molecular complexity index is 352. The lowest BCUT2D eigenvalue weighted by atomic mass is 10.1. The van der Waals surface area contributed by atoms with Crippen molar-refractivity contribution in [1.82, 2.24) is 4.98 Å². The number of hydrogen-bond acceptors (Lipinski definition) is 3. The normalized spacial score (nSPS) is 20.8. The minimum Gasteiger partial charge on any atom is -0.380 e. The summed E-state index contributed by atoms with van der Waals surface area (Å²) in [6.45, 7) is 6.43. The second-order valence-corrected chi connectivity index (χ2v) is 4.69. The van der Waals surface area contributed by atoms with Gasteiger partial charge in [0.05, 0.1) is 6.10 Å². The van der Waals surface area contributed by atoms with Crippen molar-refractivity contribution in [3.8, 4) is 0 Å². The van der Waals surface area contributed by atoms with Crippen LogP contribution in [0.1, 0.15) is 31.7 Å². The molecular formula is C13H20N2O. The number of pyridine rings is 1. The maximum Gasteiger partial charge on any atom is 0.128 e. The Balaban J connectivity index is 2.12. The number of ether oxygens (including phenoxy) is 1. The monoisotopic (exact) mass is 220 g/mol. The fraction of sp³-hybridized carbons (Fsp3) is 0.615. The second-order valence-electron chi connectivity index (χ2n) is 4.69. The molecule has 0 N–H and O–H groups in total. The van der Waals surface area contributed by atoms with Gasteiger partial charge in [-0.3, -0.25) is 0 Å². The van der Waals surface area contributed by atoms with Gasteiger partial charge in [-0.1, -0.05) is 13.8 Å². The maximum atomic E-state index is 5.37. The SMILES string of the molecule is COC1CCN(c2cc(C(C)C)ccn2)C1. The molecule has 0 bridgehead atoms. The molecule has 1 aliphatic rings. The van der Waals surface area contributed by atoms with E-state index in [4.69, 9.17) is 4.74 Å². The van der Waals surface area contributed by atoms with Crippen LogP contribution in [-0.2, 0) is 4.74 Å². The van der Waals surface area contributed by atoms with E-state index in [0.29, 0.717) is 12.0 Å². The zero-order chi connectivity index (χ0) is 11.5. The number of aromatic nitrogens is 1. The van der Waals surface area contributed by atoms with E-state index in [1.807, 2.05) is 6.20 Å². The summed E-state index contributed by atoms with van der Waals surface area (Å²) >= 11 is 0. The van der Waals surface area contributed by atoms with Crippen LogP contribution in [0.3, 0.4) is 0 Å². The van der Waals surface area contributed by atoms with E-state index in [2.05, 4.69) is 35.9 Å². The van der Waals surface area contributed by atoms with Crippen molar-refractivity contribution in [2.45, 2.75) is 32.3 Å². The molecule has 0 saturated carbocycles. The van der Waals surface area contributed by atoms with Crippen LogP contribution in [0, 0.1) is 0 Å². The first kappa shape index (κ1) is 11.4. The highest BCUT2D eigenvalue weighted by atomic mass is 16.5. The van der Waals surface area contributed by atoms with Gasteiger partial charge in [-0.25, -0.2) is 4.98 Å². The first-order valence-electron chi connectivity index (χ1n) is 5.94. The van der Waals surface area contributed by atoms with Crippen LogP contribution < -0.4 is 4.90 Å². The van der Waals surface area contributed by atoms with Crippen LogP contribution in [0.4, 0.5) is 5.82 Å². The van der Waals surface area contributed by atoms with Crippen LogP contribution in [0.5, 0.6) is 0 Å². The fourth-order valence-corrected chi connectivity index (χ4v) is 2.09. The number of methoxy groups -OCH3 is 1. The molecule has 0 radical (unpaired) electrons. The van der Waals surface area contributed by atoms with Crippen LogP contribution in [0.15, 0.2) is 18.3 Å². The smallest absolute Gasteiger partial charge is 0.128 e. The first-order chi connectivity index (χ1) is 7.70. The van der Waals surface area contributed by atoms with Crippen molar-refractivity contribution in [2.75, 3.05) is 25.1 Å². The summed E-state index contributed by atoms with van der Waals surface area (Å²) < 4.78 is 5.37. The fourth-order valence-electron chi connectivity index (χ4n) is 2.09. The quantitative estimate of drug-likeness (QED) is 0.782. The maximum absolute atomic E-state index is 5.37. The summed E-state index contributed by atoms with van der Waals surface area (Å²) in [6, 6.07) is 4.29. The van der Waals surface area contributed by atoms with E-state index in [-0.39, 0.29) is 0 Å². The Labute approximate surface area is 97.4 Å². The summed E-state index contributed by atoms with van der Waals surface area (Å²) in [5.74, 6) is 1.65. The van der Waals surface area contributed by atoms with E-state index < -0.39 is 0 Å². The van der Waals surface area contributed by atoms with E-state index in [1.54, 1.807) is 7.11 Å². The van der Waals surface area contributed by atoms with Crippen molar-refractivity contribution in [2.24, 2.45) is 0 Å². The third-order valence-corrected chi connectivity index (χ3v) is 3.24. The third kappa shape index (κ3) is 2.35. The van der Waals surface area contributed by atoms with Gasteiger partial charge in [0.25, 0.3) is 0 Å². The average Bonchev–Trinajstić information content (AvgIpc) is 2.77. The lowest BCUT2D eigenvalue weighted by molar-refractivity contribution is 0.121. The number of anilines is 1. The third-order valence-electron chi connectivity index (χ3n) is 3.24. The van der Waals surface area contributed by atoms with Crippen LogP contribution in [-0.4, -0.2) is 31.3 Å². The molecule has 3 heteroatoms. The lowest BCUT2D eigenvalue weighted by Crippen LogP contribution is -2.23. The van der Waals surface area contributed by atoms with Crippen molar-refractivity contribution in [3.63, 3.8) is 0 Å². The predicted molar refractivity (Wildman–Crippen MR) is 66.0 cm³/mol. The summed E-state index contributed by atoms with van der Waals surface area (Å²) in [4.78, 5) is 6.75. The van der Waals surface area contributed by atoms with Gasteiger partial charge in [0.1, 0.15) is 5.82 Å². The molecule has 0 spiro atoms. The van der Waals surface area contributed by atoms with Gasteiger partial charge in [0.2, 0.25) is 0 Å². The average molecular weight is 220 g/mol. The van der Waals surface area contributed by atoms with Crippen LogP contribution in [0.2, 0.25) is 0 Å². The molecule has 1 unspecified atom stereocenters. The highest BCUT2D eigenvalue weighted by Gasteiger charge is 2.23. The zero-order valence-corrected chi connectivity index (χ0v) is 10.3. The molecule has 0 aromatic carbocycles. The molecule has 1 aromatic heterocycles.